The van der Waals surface area contributed by atoms with Gasteiger partial charge in [-0.25, -0.2) is 4.39 Å². The van der Waals surface area contributed by atoms with Crippen molar-refractivity contribution in [3.8, 4) is 0 Å². The van der Waals surface area contributed by atoms with E-state index in [4.69, 9.17) is 9.52 Å². The van der Waals surface area contributed by atoms with E-state index in [9.17, 15) is 9.18 Å². The fourth-order valence-corrected chi connectivity index (χ4v) is 1.56. The summed E-state index contributed by atoms with van der Waals surface area (Å²) in [5.41, 5.74) is 0.891. The van der Waals surface area contributed by atoms with Gasteiger partial charge in [0, 0.05) is 12.5 Å². The third kappa shape index (κ3) is 2.85. The summed E-state index contributed by atoms with van der Waals surface area (Å²) in [5.74, 6) is 0.0821. The van der Waals surface area contributed by atoms with E-state index in [1.807, 2.05) is 0 Å². The Bertz CT molecular complexity index is 567. The van der Waals surface area contributed by atoms with Crippen LogP contribution in [0.1, 0.15) is 21.9 Å². The van der Waals surface area contributed by atoms with E-state index in [1.165, 1.54) is 12.1 Å². The Morgan fingerprint density at radius 2 is 1.94 bits per heavy atom. The van der Waals surface area contributed by atoms with E-state index in [0.29, 0.717) is 18.4 Å². The lowest BCUT2D eigenvalue weighted by molar-refractivity contribution is 0.101. The van der Waals surface area contributed by atoms with Gasteiger partial charge in [0.2, 0.25) is 5.78 Å². The van der Waals surface area contributed by atoms with Gasteiger partial charge in [-0.1, -0.05) is 12.1 Å². The molecule has 0 aliphatic carbocycles. The molecule has 0 spiro atoms. The van der Waals surface area contributed by atoms with Crippen LogP contribution >= 0.6 is 0 Å². The molecule has 2 aromatic rings. The van der Waals surface area contributed by atoms with Gasteiger partial charge in [0.05, 0.1) is 6.26 Å². The number of hydrogen-bond donors (Lipinski definition) is 1. The van der Waals surface area contributed by atoms with Gasteiger partial charge in [0.1, 0.15) is 11.6 Å². The summed E-state index contributed by atoms with van der Waals surface area (Å²) in [6.45, 7) is 0. The summed E-state index contributed by atoms with van der Waals surface area (Å²) in [4.78, 5) is 11.4. The van der Waals surface area contributed by atoms with Crippen LogP contribution < -0.4 is 0 Å². The Balaban J connectivity index is 2.11. The fraction of sp³-hybridized carbons (Fsp3) is 0.0714. The highest BCUT2D eigenvalue weighted by Gasteiger charge is 2.08. The standard InChI is InChI=1S/C14H11FO3/c15-11-3-1-10(2-4-11)9-12-5-6-14(18-12)13(17)7-8-16/h1-8,16H,9H2. The average molecular weight is 246 g/mol. The SMILES string of the molecule is O=C(C=CO)c1ccc(Cc2ccc(F)cc2)o1. The van der Waals surface area contributed by atoms with Crippen LogP contribution in [0.3, 0.4) is 0 Å². The van der Waals surface area contributed by atoms with Crippen LogP contribution in [0.15, 0.2) is 53.2 Å². The third-order valence-electron chi connectivity index (χ3n) is 2.42. The normalized spacial score (nSPS) is 10.9. The molecule has 0 radical (unpaired) electrons. The van der Waals surface area contributed by atoms with Crippen LogP contribution in [0.4, 0.5) is 4.39 Å². The van der Waals surface area contributed by atoms with Gasteiger partial charge in [-0.2, -0.15) is 0 Å². The number of hydrogen-bond acceptors (Lipinski definition) is 3. The monoisotopic (exact) mass is 246 g/mol. The van der Waals surface area contributed by atoms with Crippen LogP contribution in [-0.4, -0.2) is 10.9 Å². The predicted molar refractivity (Wildman–Crippen MR) is 64.0 cm³/mol. The van der Waals surface area contributed by atoms with Gasteiger partial charge < -0.3 is 9.52 Å². The van der Waals surface area contributed by atoms with E-state index in [0.717, 1.165) is 11.6 Å². The van der Waals surface area contributed by atoms with E-state index in [1.54, 1.807) is 24.3 Å². The van der Waals surface area contributed by atoms with Crippen LogP contribution in [0, 0.1) is 5.82 Å². The topological polar surface area (TPSA) is 50.4 Å². The first-order valence-electron chi connectivity index (χ1n) is 5.37. The molecule has 0 saturated carbocycles. The number of carbonyl (C=O) groups excluding carboxylic acids is 1. The smallest absolute Gasteiger partial charge is 0.224 e. The zero-order valence-electron chi connectivity index (χ0n) is 9.47. The first-order valence-corrected chi connectivity index (χ1v) is 5.37. The van der Waals surface area contributed by atoms with E-state index in [2.05, 4.69) is 0 Å². The minimum atomic E-state index is -0.400. The molecule has 3 nitrogen and oxygen atoms in total. The molecule has 0 saturated heterocycles. The van der Waals surface area contributed by atoms with Crippen molar-refractivity contribution in [3.05, 3.63) is 71.6 Å². The quantitative estimate of drug-likeness (QED) is 0.511. The Hall–Kier alpha value is -2.36. The molecule has 0 aliphatic heterocycles. The van der Waals surface area contributed by atoms with Crippen molar-refractivity contribution in [2.75, 3.05) is 0 Å². The minimum Gasteiger partial charge on any atom is -0.515 e. The van der Waals surface area contributed by atoms with Crippen molar-refractivity contribution in [1.82, 2.24) is 0 Å². The van der Waals surface area contributed by atoms with Gasteiger partial charge in [-0.3, -0.25) is 4.79 Å². The Morgan fingerprint density at radius 1 is 1.22 bits per heavy atom. The second-order valence-electron chi connectivity index (χ2n) is 3.75. The van der Waals surface area contributed by atoms with Crippen molar-refractivity contribution < 1.29 is 18.7 Å². The summed E-state index contributed by atoms with van der Waals surface area (Å²) in [6, 6.07) is 9.29. The molecule has 0 aliphatic rings. The summed E-state index contributed by atoms with van der Waals surface area (Å²) in [6.07, 6.45) is 2.17. The maximum atomic E-state index is 12.7. The number of aliphatic hydroxyl groups is 1. The molecule has 0 bridgehead atoms. The predicted octanol–water partition coefficient (Wildman–Crippen LogP) is 3.26. The zero-order chi connectivity index (χ0) is 13.0. The molecule has 0 atom stereocenters. The molecule has 4 heteroatoms. The molecular weight excluding hydrogens is 235 g/mol. The van der Waals surface area contributed by atoms with Crippen molar-refractivity contribution >= 4 is 5.78 Å². The summed E-state index contributed by atoms with van der Waals surface area (Å²) >= 11 is 0. The van der Waals surface area contributed by atoms with Gasteiger partial charge >= 0.3 is 0 Å². The Morgan fingerprint density at radius 3 is 2.61 bits per heavy atom. The minimum absolute atomic E-state index is 0.164. The van der Waals surface area contributed by atoms with Crippen LogP contribution in [0.25, 0.3) is 0 Å². The van der Waals surface area contributed by atoms with Gasteiger partial charge in [0.15, 0.2) is 5.76 Å². The number of rotatable bonds is 4. The first kappa shape index (κ1) is 12.1. The fourth-order valence-electron chi connectivity index (χ4n) is 1.56. The second kappa shape index (κ2) is 5.31. The molecule has 2 rings (SSSR count). The number of allylic oxidation sites excluding steroid dienone is 1. The van der Waals surface area contributed by atoms with Crippen LogP contribution in [-0.2, 0) is 6.42 Å². The van der Waals surface area contributed by atoms with Crippen molar-refractivity contribution in [3.63, 3.8) is 0 Å². The molecule has 18 heavy (non-hydrogen) atoms. The second-order valence-corrected chi connectivity index (χ2v) is 3.75. The molecule has 1 aromatic heterocycles. The van der Waals surface area contributed by atoms with E-state index >= 15 is 0 Å². The Labute approximate surface area is 103 Å². The third-order valence-corrected chi connectivity index (χ3v) is 2.42. The first-order chi connectivity index (χ1) is 8.69. The van der Waals surface area contributed by atoms with E-state index < -0.39 is 5.78 Å². The Kier molecular flexibility index (Phi) is 3.57. The molecule has 92 valence electrons. The number of aliphatic hydroxyl groups excluding tert-OH is 1. The van der Waals surface area contributed by atoms with Crippen molar-refractivity contribution in [2.45, 2.75) is 6.42 Å². The maximum Gasteiger partial charge on any atom is 0.224 e. The van der Waals surface area contributed by atoms with Crippen molar-refractivity contribution in [2.24, 2.45) is 0 Å². The van der Waals surface area contributed by atoms with Crippen molar-refractivity contribution in [1.29, 1.82) is 0 Å². The molecule has 0 unspecified atom stereocenters. The summed E-state index contributed by atoms with van der Waals surface area (Å²) < 4.78 is 18.0. The highest BCUT2D eigenvalue weighted by Crippen LogP contribution is 2.14. The van der Waals surface area contributed by atoms with Gasteiger partial charge in [-0.15, -0.1) is 0 Å². The number of ketones is 1. The maximum absolute atomic E-state index is 12.7. The largest absolute Gasteiger partial charge is 0.515 e. The van der Waals surface area contributed by atoms with Gasteiger partial charge in [-0.05, 0) is 29.8 Å². The average Bonchev–Trinajstić information content (AvgIpc) is 2.81. The van der Waals surface area contributed by atoms with Crippen LogP contribution in [0.2, 0.25) is 0 Å². The highest BCUT2D eigenvalue weighted by molar-refractivity contribution is 6.02. The zero-order valence-corrected chi connectivity index (χ0v) is 9.47. The van der Waals surface area contributed by atoms with E-state index in [-0.39, 0.29) is 11.6 Å². The number of carbonyl (C=O) groups is 1. The van der Waals surface area contributed by atoms with Crippen LogP contribution in [0.5, 0.6) is 0 Å². The highest BCUT2D eigenvalue weighted by atomic mass is 19.1. The number of furan rings is 1. The summed E-state index contributed by atoms with van der Waals surface area (Å²) in [7, 11) is 0. The molecule has 0 amide bonds. The molecule has 1 aromatic carbocycles. The molecular formula is C14H11FO3. The lowest BCUT2D eigenvalue weighted by Crippen LogP contribution is -1.91. The lowest BCUT2D eigenvalue weighted by Gasteiger charge is -1.97. The molecule has 0 fully saturated rings. The number of benzene rings is 1. The lowest BCUT2D eigenvalue weighted by atomic mass is 10.1. The number of halogens is 1. The molecule has 1 N–H and O–H groups in total. The summed E-state index contributed by atoms with van der Waals surface area (Å²) in [5, 5.41) is 8.49. The van der Waals surface area contributed by atoms with Gasteiger partial charge in [0.25, 0.3) is 0 Å². The molecule has 1 heterocycles.